The topological polar surface area (TPSA) is 77.1 Å². The van der Waals surface area contributed by atoms with Crippen LogP contribution in [0.1, 0.15) is 10.5 Å². The molecule has 0 fully saturated rings. The largest absolute Gasteiger partial charge is 0.711 e. The first kappa shape index (κ1) is 6.47. The Kier molecular flexibility index (Phi) is 1.49. The molecule has 0 spiro atoms. The summed E-state index contributed by atoms with van der Waals surface area (Å²) in [6.07, 6.45) is 1.97. The number of hydrogen-bond acceptors (Lipinski definition) is 3. The van der Waals surface area contributed by atoms with E-state index in [1.807, 2.05) is 0 Å². The van der Waals surface area contributed by atoms with Crippen molar-refractivity contribution in [3.05, 3.63) is 29.5 Å². The van der Waals surface area contributed by atoms with Gasteiger partial charge >= 0.3 is 5.97 Å². The minimum atomic E-state index is -1.14. The normalized spacial score (nSPS) is 9.20. The van der Waals surface area contributed by atoms with E-state index < -0.39 is 5.97 Å². The number of rotatable bonds is 1. The molecule has 0 amide bonds. The Balaban J connectivity index is 3.00. The van der Waals surface area contributed by atoms with Crippen molar-refractivity contribution in [2.24, 2.45) is 0 Å². The van der Waals surface area contributed by atoms with E-state index in [0.717, 1.165) is 18.6 Å². The molecule has 10 heavy (non-hydrogen) atoms. The summed E-state index contributed by atoms with van der Waals surface area (Å²) in [7, 11) is 0. The molecule has 52 valence electrons. The summed E-state index contributed by atoms with van der Waals surface area (Å²) in [5.41, 5.74) is -0.132. The van der Waals surface area contributed by atoms with Crippen molar-refractivity contribution in [2.45, 2.75) is 0 Å². The summed E-state index contributed by atoms with van der Waals surface area (Å²) in [6, 6.07) is 1.13. The average molecular weight is 140 g/mol. The third kappa shape index (κ3) is 1.19. The Morgan fingerprint density at radius 2 is 2.50 bits per heavy atom. The van der Waals surface area contributed by atoms with Gasteiger partial charge in [-0.15, -0.1) is 0 Å². The van der Waals surface area contributed by atoms with Crippen LogP contribution in [0.25, 0.3) is 0 Å². The lowest BCUT2D eigenvalue weighted by molar-refractivity contribution is -0.608. The SMILES string of the molecule is O=C(O)c1cc[n+]([O-])cn1. The van der Waals surface area contributed by atoms with Crippen molar-refractivity contribution in [3.8, 4) is 0 Å². The Morgan fingerprint density at radius 3 is 2.90 bits per heavy atom. The zero-order valence-corrected chi connectivity index (χ0v) is 4.89. The van der Waals surface area contributed by atoms with E-state index in [9.17, 15) is 10.0 Å². The maximum atomic E-state index is 10.3. The molecule has 0 radical (unpaired) electrons. The molecule has 5 heteroatoms. The summed E-state index contributed by atoms with van der Waals surface area (Å²) in [5.74, 6) is -1.14. The van der Waals surface area contributed by atoms with Gasteiger partial charge in [0.05, 0.1) is 6.20 Å². The molecular formula is C5H4N2O3. The third-order valence-electron chi connectivity index (χ3n) is 0.909. The van der Waals surface area contributed by atoms with Crippen LogP contribution in [0.3, 0.4) is 0 Å². The first-order chi connectivity index (χ1) is 4.70. The Morgan fingerprint density at radius 1 is 1.80 bits per heavy atom. The summed E-state index contributed by atoms with van der Waals surface area (Å²) in [6.45, 7) is 0. The fourth-order valence-electron chi connectivity index (χ4n) is 0.471. The minimum Gasteiger partial charge on any atom is -0.711 e. The number of carbonyl (C=O) groups is 1. The number of carboxylic acids is 1. The van der Waals surface area contributed by atoms with E-state index in [1.54, 1.807) is 0 Å². The van der Waals surface area contributed by atoms with Gasteiger partial charge in [0.1, 0.15) is 0 Å². The fraction of sp³-hybridized carbons (Fsp3) is 0. The smallest absolute Gasteiger partial charge is 0.380 e. The molecule has 1 heterocycles. The number of hydrogen-bond donors (Lipinski definition) is 1. The molecule has 0 aliphatic rings. The lowest BCUT2D eigenvalue weighted by Crippen LogP contribution is -2.26. The summed E-state index contributed by atoms with van der Waals surface area (Å²) in [5, 5.41) is 18.6. The Hall–Kier alpha value is -1.65. The molecule has 1 rings (SSSR count). The second-order valence-corrected chi connectivity index (χ2v) is 1.61. The lowest BCUT2D eigenvalue weighted by atomic mass is 10.4. The summed E-state index contributed by atoms with van der Waals surface area (Å²) < 4.78 is 0.423. The maximum absolute atomic E-state index is 10.3. The zero-order chi connectivity index (χ0) is 7.56. The van der Waals surface area contributed by atoms with Gasteiger partial charge in [0.25, 0.3) is 12.0 Å². The molecule has 1 aromatic rings. The molecule has 0 unspecified atom stereocenters. The second kappa shape index (κ2) is 2.30. The van der Waals surface area contributed by atoms with Gasteiger partial charge in [-0.1, -0.05) is 0 Å². The highest BCUT2D eigenvalue weighted by Crippen LogP contribution is 1.87. The van der Waals surface area contributed by atoms with E-state index in [0.29, 0.717) is 4.73 Å². The van der Waals surface area contributed by atoms with Crippen LogP contribution in [0.2, 0.25) is 0 Å². The van der Waals surface area contributed by atoms with Gasteiger partial charge in [0, 0.05) is 6.07 Å². The second-order valence-electron chi connectivity index (χ2n) is 1.61. The summed E-state index contributed by atoms with van der Waals surface area (Å²) in [4.78, 5) is 13.5. The van der Waals surface area contributed by atoms with Gasteiger partial charge < -0.3 is 10.3 Å². The molecule has 1 aromatic heterocycles. The molecule has 0 saturated carbocycles. The molecule has 0 aliphatic heterocycles. The van der Waals surface area contributed by atoms with Gasteiger partial charge in [0.2, 0.25) is 0 Å². The van der Waals surface area contributed by atoms with Gasteiger partial charge in [-0.25, -0.2) is 9.52 Å². The predicted octanol–water partition coefficient (Wildman–Crippen LogP) is -0.587. The van der Waals surface area contributed by atoms with Crippen molar-refractivity contribution in [1.29, 1.82) is 0 Å². The third-order valence-corrected chi connectivity index (χ3v) is 0.909. The van der Waals surface area contributed by atoms with Crippen LogP contribution >= 0.6 is 0 Å². The van der Waals surface area contributed by atoms with Gasteiger partial charge in [-0.2, -0.15) is 0 Å². The fourth-order valence-corrected chi connectivity index (χ4v) is 0.471. The Labute approximate surface area is 56.1 Å². The molecule has 0 atom stereocenters. The quantitative estimate of drug-likeness (QED) is 0.418. The molecule has 0 aliphatic carbocycles. The standard InChI is InChI=1S/C5H4N2O3/c8-5(9)4-1-2-7(10)3-6-4/h1-3H,(H,8,9). The monoisotopic (exact) mass is 140 g/mol. The minimum absolute atomic E-state index is 0.132. The number of carboxylic acid groups (broad SMARTS) is 1. The molecule has 0 saturated heterocycles. The number of nitrogens with zero attached hydrogens (tertiary/aromatic N) is 2. The van der Waals surface area contributed by atoms with E-state index in [1.165, 1.54) is 0 Å². The van der Waals surface area contributed by atoms with Crippen molar-refractivity contribution in [3.63, 3.8) is 0 Å². The lowest BCUT2D eigenvalue weighted by Gasteiger charge is -1.94. The Bertz CT molecular complexity index is 244. The average Bonchev–Trinajstić information content (AvgIpc) is 1.88. The van der Waals surface area contributed by atoms with E-state index in [-0.39, 0.29) is 5.69 Å². The molecule has 0 aromatic carbocycles. The van der Waals surface area contributed by atoms with Crippen LogP contribution in [-0.2, 0) is 0 Å². The van der Waals surface area contributed by atoms with Crippen LogP contribution in [-0.4, -0.2) is 16.1 Å². The molecule has 0 bridgehead atoms. The van der Waals surface area contributed by atoms with Crippen LogP contribution in [0.15, 0.2) is 18.6 Å². The van der Waals surface area contributed by atoms with E-state index in [4.69, 9.17) is 5.11 Å². The first-order valence-corrected chi connectivity index (χ1v) is 2.48. The molecule has 5 nitrogen and oxygen atoms in total. The van der Waals surface area contributed by atoms with Gasteiger partial charge in [0.15, 0.2) is 0 Å². The summed E-state index contributed by atoms with van der Waals surface area (Å²) >= 11 is 0. The highest BCUT2D eigenvalue weighted by atomic mass is 16.5. The van der Waals surface area contributed by atoms with E-state index in [2.05, 4.69) is 4.98 Å². The zero-order valence-electron chi connectivity index (χ0n) is 4.89. The van der Waals surface area contributed by atoms with Gasteiger partial charge in [-0.05, 0) is 4.98 Å². The van der Waals surface area contributed by atoms with Crippen molar-refractivity contribution < 1.29 is 14.6 Å². The van der Waals surface area contributed by atoms with Crippen molar-refractivity contribution >= 4 is 5.97 Å². The van der Waals surface area contributed by atoms with E-state index >= 15 is 0 Å². The van der Waals surface area contributed by atoms with Crippen LogP contribution in [0.5, 0.6) is 0 Å². The van der Waals surface area contributed by atoms with Crippen molar-refractivity contribution in [1.82, 2.24) is 4.98 Å². The van der Waals surface area contributed by atoms with Crippen LogP contribution in [0.4, 0.5) is 0 Å². The first-order valence-electron chi connectivity index (χ1n) is 2.48. The number of aromatic nitrogens is 2. The maximum Gasteiger partial charge on any atom is 0.380 e. The van der Waals surface area contributed by atoms with Crippen LogP contribution in [0, 0.1) is 5.21 Å². The molecule has 1 N–H and O–H groups in total. The van der Waals surface area contributed by atoms with Crippen molar-refractivity contribution in [2.75, 3.05) is 0 Å². The molecular weight excluding hydrogens is 136 g/mol. The van der Waals surface area contributed by atoms with Gasteiger partial charge in [-0.3, -0.25) is 0 Å². The number of aromatic carboxylic acids is 1. The predicted molar refractivity (Wildman–Crippen MR) is 30.2 cm³/mol. The highest BCUT2D eigenvalue weighted by molar-refractivity contribution is 5.84. The van der Waals surface area contributed by atoms with Crippen LogP contribution < -0.4 is 4.73 Å². The highest BCUT2D eigenvalue weighted by Gasteiger charge is 2.07.